The second kappa shape index (κ2) is 30.7. The zero-order chi connectivity index (χ0) is 45.5. The van der Waals surface area contributed by atoms with Crippen LogP contribution >= 0.6 is 0 Å². The highest BCUT2D eigenvalue weighted by molar-refractivity contribution is 5.92. The number of unbranched alkanes of at least 4 members (excludes halogenated alkanes) is 5. The number of benzene rings is 2. The number of carboxylic acids is 2. The van der Waals surface area contributed by atoms with Crippen molar-refractivity contribution < 1.29 is 53.4 Å². The smallest absolute Gasteiger partial charge is 0.326 e. The number of carbonyl (C=O) groups is 9. The highest BCUT2D eigenvalue weighted by Crippen LogP contribution is 2.10. The van der Waals surface area contributed by atoms with Gasteiger partial charge in [-0.15, -0.1) is 0 Å². The van der Waals surface area contributed by atoms with Gasteiger partial charge in [-0.2, -0.15) is 0 Å². The van der Waals surface area contributed by atoms with Crippen LogP contribution in [0.3, 0.4) is 0 Å². The second-order valence-electron chi connectivity index (χ2n) is 14.9. The first kappa shape index (κ1) is 51.8. The van der Waals surface area contributed by atoms with Gasteiger partial charge in [0.15, 0.2) is 0 Å². The van der Waals surface area contributed by atoms with Crippen molar-refractivity contribution in [2.45, 2.75) is 127 Å². The van der Waals surface area contributed by atoms with Crippen LogP contribution in [-0.2, 0) is 51.2 Å². The summed E-state index contributed by atoms with van der Waals surface area (Å²) in [7, 11) is 1.52. The summed E-state index contributed by atoms with van der Waals surface area (Å²) in [6.07, 6.45) is 6.28. The first-order valence-corrected chi connectivity index (χ1v) is 21.2. The molecule has 0 spiro atoms. The average Bonchev–Trinajstić information content (AvgIpc) is 3.25. The molecule has 0 aliphatic carbocycles. The summed E-state index contributed by atoms with van der Waals surface area (Å²) >= 11 is 0. The fourth-order valence-corrected chi connectivity index (χ4v) is 6.36. The van der Waals surface area contributed by atoms with Gasteiger partial charge in [0.1, 0.15) is 30.5 Å². The molecule has 0 aliphatic rings. The van der Waals surface area contributed by atoms with Crippen molar-refractivity contribution in [1.82, 2.24) is 37.2 Å². The predicted octanol–water partition coefficient (Wildman–Crippen LogP) is 2.29. The molecule has 0 saturated carbocycles. The van der Waals surface area contributed by atoms with Crippen molar-refractivity contribution in [3.63, 3.8) is 0 Å². The van der Waals surface area contributed by atoms with Gasteiger partial charge in [0.2, 0.25) is 29.5 Å². The van der Waals surface area contributed by atoms with Crippen LogP contribution in [0.2, 0.25) is 0 Å². The van der Waals surface area contributed by atoms with Crippen molar-refractivity contribution in [3.05, 3.63) is 71.8 Å². The van der Waals surface area contributed by atoms with Gasteiger partial charge < -0.3 is 52.2 Å². The molecule has 2 rings (SSSR count). The van der Waals surface area contributed by atoms with Crippen LogP contribution in [0, 0.1) is 0 Å². The molecule has 0 aliphatic heterocycles. The van der Waals surface area contributed by atoms with Crippen LogP contribution in [0.25, 0.3) is 0 Å². The molecule has 0 heterocycles. The van der Waals surface area contributed by atoms with Crippen molar-refractivity contribution >= 4 is 53.8 Å². The normalized spacial score (nSPS) is 12.6. The van der Waals surface area contributed by atoms with Crippen LogP contribution in [0.5, 0.6) is 0 Å². The highest BCUT2D eigenvalue weighted by Gasteiger charge is 2.28. The van der Waals surface area contributed by atoms with Gasteiger partial charge in [-0.05, 0) is 56.1 Å². The molecule has 0 bridgehead atoms. The predicted molar refractivity (Wildman–Crippen MR) is 229 cm³/mol. The summed E-state index contributed by atoms with van der Waals surface area (Å²) in [5, 5.41) is 36.9. The maximum absolute atomic E-state index is 13.7. The number of carbonyl (C=O) groups excluding carboxylic acids is 7. The maximum Gasteiger partial charge on any atom is 0.326 e. The van der Waals surface area contributed by atoms with Crippen LogP contribution < -0.4 is 37.2 Å². The van der Waals surface area contributed by atoms with Gasteiger partial charge >= 0.3 is 18.0 Å². The molecule has 7 amide bonds. The Kier molecular flexibility index (Phi) is 25.6. The summed E-state index contributed by atoms with van der Waals surface area (Å²) in [6, 6.07) is 13.1. The number of urea groups is 1. The van der Waals surface area contributed by atoms with Crippen LogP contribution in [0.1, 0.15) is 101 Å². The lowest BCUT2D eigenvalue weighted by Gasteiger charge is -2.23. The highest BCUT2D eigenvalue weighted by atomic mass is 16.4. The topological polar surface area (TPSA) is 278 Å². The zero-order valence-corrected chi connectivity index (χ0v) is 35.5. The number of aliphatic carboxylic acids is 2. The van der Waals surface area contributed by atoms with Crippen LogP contribution in [0.15, 0.2) is 60.7 Å². The molecule has 0 saturated heterocycles. The summed E-state index contributed by atoms with van der Waals surface area (Å²) in [4.78, 5) is 110. The third-order valence-corrected chi connectivity index (χ3v) is 9.84. The quantitative estimate of drug-likeness (QED) is 0.0380. The lowest BCUT2D eigenvalue weighted by atomic mass is 10.0. The number of nitrogens with one attached hydrogen (secondary N) is 7. The number of carboxylic acid groups (broad SMARTS) is 2. The lowest BCUT2D eigenvalue weighted by molar-refractivity contribution is -0.139. The summed E-state index contributed by atoms with van der Waals surface area (Å²) in [5.74, 6) is -4.19. The average molecular weight is 866 g/mol. The van der Waals surface area contributed by atoms with E-state index in [1.165, 1.54) is 7.05 Å². The van der Waals surface area contributed by atoms with Crippen molar-refractivity contribution in [3.8, 4) is 0 Å². The largest absolute Gasteiger partial charge is 0.480 e. The molecule has 18 heteroatoms. The van der Waals surface area contributed by atoms with E-state index in [0.717, 1.165) is 30.4 Å². The molecule has 340 valence electrons. The fraction of sp³-hybridized carbons (Fsp3) is 0.523. The van der Waals surface area contributed by atoms with E-state index >= 15 is 0 Å². The molecule has 9 N–H and O–H groups in total. The summed E-state index contributed by atoms with van der Waals surface area (Å²) in [6.45, 7) is 0.696. The minimum Gasteiger partial charge on any atom is -0.480 e. The van der Waals surface area contributed by atoms with E-state index in [1.54, 1.807) is 0 Å². The van der Waals surface area contributed by atoms with Crippen molar-refractivity contribution in [2.24, 2.45) is 0 Å². The molecule has 4 atom stereocenters. The first-order chi connectivity index (χ1) is 29.8. The standard InChI is InChI=1S/C44H63N7O11/c1-45-37(53)24-15-25-39(55)48-36(30-32-19-9-6-10-20-32)41(57)49-35(29-31-17-7-5-8-18-31)40(56)47-27-13-4-2-3-11-23-38(54)46-26-14-12-21-33(42(58)59)50-44(62)51-34(43(60)61)22-16-28-52/h5-10,17-20,28,33-36H,2-4,11-16,21-27,29-30H2,1H3,(H,45,53)(H,46,54)(H,47,56)(H,48,55)(H,49,57)(H,58,59)(H,60,61)(H2,50,51,62). The lowest BCUT2D eigenvalue weighted by Crippen LogP contribution is -2.55. The summed E-state index contributed by atoms with van der Waals surface area (Å²) < 4.78 is 0. The minimum absolute atomic E-state index is 0.0585. The molecule has 0 aromatic heterocycles. The molecule has 2 aromatic rings. The molecule has 0 fully saturated rings. The molecular formula is C44H63N7O11. The van der Waals surface area contributed by atoms with E-state index in [4.69, 9.17) is 0 Å². The number of rotatable bonds is 32. The molecule has 18 nitrogen and oxygen atoms in total. The van der Waals surface area contributed by atoms with E-state index in [0.29, 0.717) is 57.9 Å². The van der Waals surface area contributed by atoms with E-state index < -0.39 is 48.0 Å². The first-order valence-electron chi connectivity index (χ1n) is 21.2. The molecule has 4 unspecified atom stereocenters. The fourth-order valence-electron chi connectivity index (χ4n) is 6.36. The van der Waals surface area contributed by atoms with Gasteiger partial charge in [0.05, 0.1) is 0 Å². The van der Waals surface area contributed by atoms with Crippen LogP contribution in [-0.4, -0.2) is 108 Å². The Bertz CT molecular complexity index is 1730. The van der Waals surface area contributed by atoms with E-state index in [2.05, 4.69) is 37.2 Å². The van der Waals surface area contributed by atoms with Gasteiger partial charge in [-0.3, -0.25) is 24.0 Å². The molecule has 2 aromatic carbocycles. The van der Waals surface area contributed by atoms with Crippen LogP contribution in [0.4, 0.5) is 4.79 Å². The number of aldehydes is 1. The van der Waals surface area contributed by atoms with Gasteiger partial charge in [0, 0.05) is 58.7 Å². The summed E-state index contributed by atoms with van der Waals surface area (Å²) in [5.41, 5.74) is 1.67. The Hall–Kier alpha value is -6.33. The van der Waals surface area contributed by atoms with E-state index in [1.807, 2.05) is 60.7 Å². The van der Waals surface area contributed by atoms with E-state index in [-0.39, 0.29) is 68.6 Å². The van der Waals surface area contributed by atoms with Crippen molar-refractivity contribution in [2.75, 3.05) is 20.1 Å². The van der Waals surface area contributed by atoms with E-state index in [9.17, 15) is 53.4 Å². The SMILES string of the molecule is CNC(=O)CCCC(=O)NC(Cc1ccccc1)C(=O)NC(Cc1ccccc1)C(=O)NCCCCCCCC(=O)NCCCCC(NC(=O)NC(CCC=O)C(=O)O)C(=O)O. The maximum atomic E-state index is 13.7. The Morgan fingerprint density at radius 1 is 0.516 bits per heavy atom. The van der Waals surface area contributed by atoms with Gasteiger partial charge in [-0.1, -0.05) is 79.9 Å². The molecule has 62 heavy (non-hydrogen) atoms. The Balaban J connectivity index is 1.75. The Morgan fingerprint density at radius 3 is 1.60 bits per heavy atom. The van der Waals surface area contributed by atoms with Gasteiger partial charge in [0.25, 0.3) is 0 Å². The zero-order valence-electron chi connectivity index (χ0n) is 35.5. The number of hydrogen-bond acceptors (Lipinski definition) is 9. The number of hydrogen-bond donors (Lipinski definition) is 9. The third-order valence-electron chi connectivity index (χ3n) is 9.84. The Labute approximate surface area is 362 Å². The monoisotopic (exact) mass is 865 g/mol. The molecular weight excluding hydrogens is 803 g/mol. The number of amides is 7. The minimum atomic E-state index is -1.34. The third kappa shape index (κ3) is 22.9. The van der Waals surface area contributed by atoms with Gasteiger partial charge in [-0.25, -0.2) is 14.4 Å². The second-order valence-corrected chi connectivity index (χ2v) is 14.9. The van der Waals surface area contributed by atoms with Crippen molar-refractivity contribution in [1.29, 1.82) is 0 Å². The Morgan fingerprint density at radius 2 is 1.02 bits per heavy atom. The molecule has 0 radical (unpaired) electrons.